The average Bonchev–Trinajstić information content (AvgIpc) is 2.32. The van der Waals surface area contributed by atoms with E-state index in [9.17, 15) is 9.59 Å². The van der Waals surface area contributed by atoms with Crippen LogP contribution in [-0.2, 0) is 14.3 Å². The van der Waals surface area contributed by atoms with Gasteiger partial charge in [0.15, 0.2) is 0 Å². The molecule has 4 nitrogen and oxygen atoms in total. The normalized spacial score (nSPS) is 11.1. The Kier molecular flexibility index (Phi) is 11.4. The summed E-state index contributed by atoms with van der Waals surface area (Å²) < 4.78 is 5.37. The van der Waals surface area contributed by atoms with Crippen molar-refractivity contribution in [3.63, 3.8) is 0 Å². The summed E-state index contributed by atoms with van der Waals surface area (Å²) in [7, 11) is 0. The first-order valence-corrected chi connectivity index (χ1v) is 7.80. The number of carbonyl (C=O) groups excluding carboxylic acids is 2. The first-order chi connectivity index (χ1) is 9.41. The van der Waals surface area contributed by atoms with E-state index in [1.807, 2.05) is 13.8 Å². The van der Waals surface area contributed by atoms with E-state index in [2.05, 4.69) is 19.2 Å². The van der Waals surface area contributed by atoms with E-state index in [1.165, 1.54) is 0 Å². The summed E-state index contributed by atoms with van der Waals surface area (Å²) in [5, 5.41) is 2.81. The number of ketones is 1. The highest BCUT2D eigenvalue weighted by atomic mass is 16.5. The fourth-order valence-corrected chi connectivity index (χ4v) is 1.86. The van der Waals surface area contributed by atoms with Crippen LogP contribution in [0, 0.1) is 5.92 Å². The Morgan fingerprint density at radius 2 is 1.60 bits per heavy atom. The van der Waals surface area contributed by atoms with Gasteiger partial charge in [-0.1, -0.05) is 20.3 Å². The minimum absolute atomic E-state index is 0.0183. The third-order valence-electron chi connectivity index (χ3n) is 2.90. The molecule has 0 aromatic carbocycles. The number of amides is 1. The summed E-state index contributed by atoms with van der Waals surface area (Å²) in [5.74, 6) is 1.01. The van der Waals surface area contributed by atoms with Gasteiger partial charge in [0, 0.05) is 31.9 Å². The van der Waals surface area contributed by atoms with E-state index in [0.717, 1.165) is 19.3 Å². The van der Waals surface area contributed by atoms with E-state index in [-0.39, 0.29) is 11.9 Å². The van der Waals surface area contributed by atoms with Crippen molar-refractivity contribution >= 4 is 11.7 Å². The Bertz CT molecular complexity index is 275. The van der Waals surface area contributed by atoms with Crippen LogP contribution >= 0.6 is 0 Å². The van der Waals surface area contributed by atoms with Gasteiger partial charge >= 0.3 is 0 Å². The number of hydrogen-bond donors (Lipinski definition) is 1. The molecular weight excluding hydrogens is 254 g/mol. The van der Waals surface area contributed by atoms with E-state index in [4.69, 9.17) is 4.74 Å². The maximum absolute atomic E-state index is 11.6. The minimum Gasteiger partial charge on any atom is -0.381 e. The van der Waals surface area contributed by atoms with Gasteiger partial charge in [-0.2, -0.15) is 0 Å². The molecule has 1 N–H and O–H groups in total. The number of hydrogen-bond acceptors (Lipinski definition) is 3. The zero-order chi connectivity index (χ0) is 15.4. The third-order valence-corrected chi connectivity index (χ3v) is 2.90. The van der Waals surface area contributed by atoms with Gasteiger partial charge in [-0.05, 0) is 32.6 Å². The highest BCUT2D eigenvalue weighted by Crippen LogP contribution is 2.08. The maximum atomic E-state index is 11.6. The Hall–Kier alpha value is -0.900. The van der Waals surface area contributed by atoms with Gasteiger partial charge in [-0.15, -0.1) is 0 Å². The average molecular weight is 285 g/mol. The maximum Gasteiger partial charge on any atom is 0.222 e. The van der Waals surface area contributed by atoms with Crippen LogP contribution in [0.25, 0.3) is 0 Å². The Balaban J connectivity index is 3.35. The first kappa shape index (κ1) is 19.1. The quantitative estimate of drug-likeness (QED) is 0.561. The molecule has 0 aromatic rings. The first-order valence-electron chi connectivity index (χ1n) is 7.80. The highest BCUT2D eigenvalue weighted by Gasteiger charge is 2.04. The molecular formula is C16H31NO3. The lowest BCUT2D eigenvalue weighted by Gasteiger charge is -2.08. The van der Waals surface area contributed by atoms with Crippen LogP contribution in [-0.4, -0.2) is 30.9 Å². The molecule has 0 aromatic heterocycles. The number of Topliss-reactive ketones (excluding diaryl/α,β-unsaturated/α-hetero) is 1. The number of rotatable bonds is 12. The molecule has 0 heterocycles. The minimum atomic E-state index is 0.0183. The molecule has 0 saturated heterocycles. The summed E-state index contributed by atoms with van der Waals surface area (Å²) >= 11 is 0. The zero-order valence-electron chi connectivity index (χ0n) is 13.5. The zero-order valence-corrected chi connectivity index (χ0v) is 13.5. The molecule has 0 rings (SSSR count). The molecule has 0 saturated carbocycles. The molecule has 0 atom stereocenters. The van der Waals surface area contributed by atoms with Crippen LogP contribution in [0.3, 0.4) is 0 Å². The van der Waals surface area contributed by atoms with Crippen molar-refractivity contribution in [2.24, 2.45) is 5.92 Å². The van der Waals surface area contributed by atoms with Gasteiger partial charge in [-0.3, -0.25) is 9.59 Å². The Morgan fingerprint density at radius 1 is 0.950 bits per heavy atom. The SMILES string of the molecule is CC(C)CCCC(=O)CCCOCCC(=O)NC(C)C. The van der Waals surface area contributed by atoms with Crippen molar-refractivity contribution in [1.29, 1.82) is 0 Å². The lowest BCUT2D eigenvalue weighted by molar-refractivity contribution is -0.123. The molecule has 0 radical (unpaired) electrons. The van der Waals surface area contributed by atoms with E-state index >= 15 is 0 Å². The van der Waals surface area contributed by atoms with Crippen molar-refractivity contribution in [2.75, 3.05) is 13.2 Å². The van der Waals surface area contributed by atoms with Crippen LogP contribution < -0.4 is 5.32 Å². The smallest absolute Gasteiger partial charge is 0.222 e. The Labute approximate surface area is 123 Å². The number of carbonyl (C=O) groups is 2. The molecule has 1 amide bonds. The second kappa shape index (κ2) is 11.9. The summed E-state index contributed by atoms with van der Waals surface area (Å²) in [5.41, 5.74) is 0. The lowest BCUT2D eigenvalue weighted by Crippen LogP contribution is -2.30. The molecule has 0 aliphatic carbocycles. The highest BCUT2D eigenvalue weighted by molar-refractivity contribution is 5.78. The van der Waals surface area contributed by atoms with Gasteiger partial charge < -0.3 is 10.1 Å². The van der Waals surface area contributed by atoms with Gasteiger partial charge in [0.25, 0.3) is 0 Å². The number of ether oxygens (including phenoxy) is 1. The molecule has 0 fully saturated rings. The van der Waals surface area contributed by atoms with Crippen molar-refractivity contribution in [1.82, 2.24) is 5.32 Å². The van der Waals surface area contributed by atoms with Crippen LogP contribution in [0.5, 0.6) is 0 Å². The van der Waals surface area contributed by atoms with Gasteiger partial charge in [0.1, 0.15) is 5.78 Å². The molecule has 20 heavy (non-hydrogen) atoms. The van der Waals surface area contributed by atoms with Crippen molar-refractivity contribution in [3.8, 4) is 0 Å². The predicted octanol–water partition coefficient (Wildman–Crippen LogP) is 3.09. The van der Waals surface area contributed by atoms with Crippen molar-refractivity contribution in [2.45, 2.75) is 72.3 Å². The van der Waals surface area contributed by atoms with Crippen LogP contribution in [0.1, 0.15) is 66.2 Å². The summed E-state index contributed by atoms with van der Waals surface area (Å²) in [6.07, 6.45) is 4.54. The molecule has 0 bridgehead atoms. The molecule has 0 unspecified atom stereocenters. The molecule has 0 aliphatic rings. The standard InChI is InChI=1S/C16H31NO3/c1-13(2)7-5-8-15(18)9-6-11-20-12-10-16(19)17-14(3)4/h13-14H,5-12H2,1-4H3,(H,17,19). The monoisotopic (exact) mass is 285 g/mol. The fraction of sp³-hybridized carbons (Fsp3) is 0.875. The van der Waals surface area contributed by atoms with Crippen LogP contribution in [0.15, 0.2) is 0 Å². The fourth-order valence-electron chi connectivity index (χ4n) is 1.86. The second-order valence-electron chi connectivity index (χ2n) is 6.01. The summed E-state index contributed by atoms with van der Waals surface area (Å²) in [6, 6.07) is 0.172. The Morgan fingerprint density at radius 3 is 2.20 bits per heavy atom. The lowest BCUT2D eigenvalue weighted by atomic mass is 10.0. The van der Waals surface area contributed by atoms with E-state index in [1.54, 1.807) is 0 Å². The molecule has 118 valence electrons. The van der Waals surface area contributed by atoms with E-state index < -0.39 is 0 Å². The van der Waals surface area contributed by atoms with Crippen LogP contribution in [0.4, 0.5) is 0 Å². The van der Waals surface area contributed by atoms with Crippen molar-refractivity contribution in [3.05, 3.63) is 0 Å². The van der Waals surface area contributed by atoms with Gasteiger partial charge in [0.2, 0.25) is 5.91 Å². The summed E-state index contributed by atoms with van der Waals surface area (Å²) in [4.78, 5) is 22.9. The molecule has 0 spiro atoms. The summed E-state index contributed by atoms with van der Waals surface area (Å²) in [6.45, 7) is 9.21. The van der Waals surface area contributed by atoms with Crippen LogP contribution in [0.2, 0.25) is 0 Å². The van der Waals surface area contributed by atoms with Gasteiger partial charge in [-0.25, -0.2) is 0 Å². The predicted molar refractivity (Wildman–Crippen MR) is 81.6 cm³/mol. The van der Waals surface area contributed by atoms with E-state index in [0.29, 0.717) is 44.2 Å². The van der Waals surface area contributed by atoms with Crippen molar-refractivity contribution < 1.29 is 14.3 Å². The molecule has 0 aliphatic heterocycles. The number of nitrogens with one attached hydrogen (secondary N) is 1. The second-order valence-corrected chi connectivity index (χ2v) is 6.01. The largest absolute Gasteiger partial charge is 0.381 e. The third kappa shape index (κ3) is 13.5. The topological polar surface area (TPSA) is 55.4 Å². The molecule has 4 heteroatoms. The van der Waals surface area contributed by atoms with Gasteiger partial charge in [0.05, 0.1) is 6.61 Å².